The summed E-state index contributed by atoms with van der Waals surface area (Å²) < 4.78 is 0. The van der Waals surface area contributed by atoms with Crippen LogP contribution >= 0.6 is 0 Å². The average Bonchev–Trinajstić information content (AvgIpc) is 2.47. The van der Waals surface area contributed by atoms with Crippen molar-refractivity contribution in [1.82, 2.24) is 9.88 Å². The van der Waals surface area contributed by atoms with Gasteiger partial charge in [0.1, 0.15) is 0 Å². The predicted octanol–water partition coefficient (Wildman–Crippen LogP) is 3.55. The smallest absolute Gasteiger partial charge is 0.0538 e. The number of hydrogen-bond acceptors (Lipinski definition) is 3. The number of fused-ring (bicyclic) bond motifs is 1. The van der Waals surface area contributed by atoms with Crippen molar-refractivity contribution in [3.63, 3.8) is 0 Å². The summed E-state index contributed by atoms with van der Waals surface area (Å²) in [6.07, 6.45) is 8.98. The van der Waals surface area contributed by atoms with Crippen molar-refractivity contribution in [1.29, 1.82) is 0 Å². The van der Waals surface area contributed by atoms with Crippen LogP contribution in [0.15, 0.2) is 30.5 Å². The molecule has 0 unspecified atom stereocenters. The van der Waals surface area contributed by atoms with Crippen LogP contribution in [0.1, 0.15) is 43.7 Å². The van der Waals surface area contributed by atoms with E-state index in [1.165, 1.54) is 61.7 Å². The molecule has 2 aromatic rings. The topological polar surface area (TPSA) is 42.1 Å². The SMILES string of the molecule is Nc1ccc2c(C3CN(C4CCCCC4)C3)nccc2c1. The Balaban J connectivity index is 1.53. The van der Waals surface area contributed by atoms with Gasteiger partial charge in [0.2, 0.25) is 0 Å². The number of nitrogen functional groups attached to an aromatic ring is 1. The number of nitrogens with zero attached hydrogens (tertiary/aromatic N) is 2. The molecule has 21 heavy (non-hydrogen) atoms. The monoisotopic (exact) mass is 281 g/mol. The molecule has 0 spiro atoms. The first-order valence-electron chi connectivity index (χ1n) is 8.19. The maximum absolute atomic E-state index is 5.89. The van der Waals surface area contributed by atoms with Crippen LogP contribution in [0.4, 0.5) is 5.69 Å². The third kappa shape index (κ3) is 2.40. The van der Waals surface area contributed by atoms with E-state index in [0.717, 1.165) is 11.7 Å². The van der Waals surface area contributed by atoms with E-state index in [4.69, 9.17) is 5.73 Å². The molecule has 1 aliphatic heterocycles. The number of rotatable bonds is 2. The molecule has 0 radical (unpaired) electrons. The van der Waals surface area contributed by atoms with Crippen molar-refractivity contribution < 1.29 is 0 Å². The number of anilines is 1. The van der Waals surface area contributed by atoms with Gasteiger partial charge in [0.15, 0.2) is 0 Å². The highest BCUT2D eigenvalue weighted by atomic mass is 15.2. The van der Waals surface area contributed by atoms with E-state index in [0.29, 0.717) is 5.92 Å². The van der Waals surface area contributed by atoms with Crippen LogP contribution in [0.2, 0.25) is 0 Å². The van der Waals surface area contributed by atoms with Gasteiger partial charge >= 0.3 is 0 Å². The Kier molecular flexibility index (Phi) is 3.30. The number of nitrogens with two attached hydrogens (primary N) is 1. The molecule has 2 aliphatic rings. The summed E-state index contributed by atoms with van der Waals surface area (Å²) in [4.78, 5) is 7.34. The third-order valence-corrected chi connectivity index (χ3v) is 5.21. The summed E-state index contributed by atoms with van der Waals surface area (Å²) in [5.74, 6) is 0.597. The Morgan fingerprint density at radius 3 is 2.67 bits per heavy atom. The summed E-state index contributed by atoms with van der Waals surface area (Å²) in [6.45, 7) is 2.36. The third-order valence-electron chi connectivity index (χ3n) is 5.21. The highest BCUT2D eigenvalue weighted by Crippen LogP contribution is 2.35. The maximum Gasteiger partial charge on any atom is 0.0538 e. The van der Waals surface area contributed by atoms with E-state index in [-0.39, 0.29) is 0 Å². The van der Waals surface area contributed by atoms with E-state index in [1.807, 2.05) is 12.3 Å². The summed E-state index contributed by atoms with van der Waals surface area (Å²) in [6, 6.07) is 9.08. The predicted molar refractivity (Wildman–Crippen MR) is 87.3 cm³/mol. The summed E-state index contributed by atoms with van der Waals surface area (Å²) in [5, 5.41) is 2.50. The molecular formula is C18H23N3. The fourth-order valence-electron chi connectivity index (χ4n) is 3.98. The number of hydrogen-bond donors (Lipinski definition) is 1. The van der Waals surface area contributed by atoms with Crippen LogP contribution in [-0.2, 0) is 0 Å². The Labute approximate surface area is 126 Å². The second-order valence-electron chi connectivity index (χ2n) is 6.62. The molecule has 3 heteroatoms. The molecule has 2 N–H and O–H groups in total. The molecular weight excluding hydrogens is 258 g/mol. The average molecular weight is 281 g/mol. The number of likely N-dealkylation sites (tertiary alicyclic amines) is 1. The molecule has 4 rings (SSSR count). The normalized spacial score (nSPS) is 21.5. The molecule has 110 valence electrons. The zero-order chi connectivity index (χ0) is 14.2. The minimum atomic E-state index is 0.597. The first kappa shape index (κ1) is 13.1. The van der Waals surface area contributed by atoms with Crippen molar-refractivity contribution in [2.75, 3.05) is 18.8 Å². The molecule has 1 aromatic heterocycles. The summed E-state index contributed by atoms with van der Waals surface area (Å²) in [7, 11) is 0. The highest BCUT2D eigenvalue weighted by molar-refractivity contribution is 5.87. The van der Waals surface area contributed by atoms with Crippen LogP contribution in [-0.4, -0.2) is 29.0 Å². The molecule has 0 amide bonds. The zero-order valence-corrected chi connectivity index (χ0v) is 12.5. The van der Waals surface area contributed by atoms with Gasteiger partial charge in [0.05, 0.1) is 5.69 Å². The minimum absolute atomic E-state index is 0.597. The summed E-state index contributed by atoms with van der Waals surface area (Å²) >= 11 is 0. The molecule has 1 aromatic carbocycles. The van der Waals surface area contributed by atoms with Gasteiger partial charge in [-0.05, 0) is 36.4 Å². The van der Waals surface area contributed by atoms with Crippen LogP contribution in [0.5, 0.6) is 0 Å². The lowest BCUT2D eigenvalue weighted by Crippen LogP contribution is -2.51. The van der Waals surface area contributed by atoms with Gasteiger partial charge in [-0.2, -0.15) is 0 Å². The van der Waals surface area contributed by atoms with E-state index in [9.17, 15) is 0 Å². The van der Waals surface area contributed by atoms with Crippen LogP contribution in [0.3, 0.4) is 0 Å². The largest absolute Gasteiger partial charge is 0.399 e. The van der Waals surface area contributed by atoms with Gasteiger partial charge in [-0.3, -0.25) is 9.88 Å². The summed E-state index contributed by atoms with van der Waals surface area (Å²) in [5.41, 5.74) is 7.98. The second kappa shape index (κ2) is 5.30. The van der Waals surface area contributed by atoms with Crippen LogP contribution in [0, 0.1) is 0 Å². The van der Waals surface area contributed by atoms with Crippen molar-refractivity contribution in [3.8, 4) is 0 Å². The standard InChI is InChI=1S/C18H23N3/c19-15-6-7-17-13(10-15)8-9-20-18(17)14-11-21(12-14)16-4-2-1-3-5-16/h6-10,14,16H,1-5,11-12,19H2. The van der Waals surface area contributed by atoms with Crippen molar-refractivity contribution in [3.05, 3.63) is 36.2 Å². The van der Waals surface area contributed by atoms with E-state index >= 15 is 0 Å². The molecule has 2 fully saturated rings. The second-order valence-corrected chi connectivity index (χ2v) is 6.62. The lowest BCUT2D eigenvalue weighted by molar-refractivity contribution is 0.0681. The van der Waals surface area contributed by atoms with E-state index < -0.39 is 0 Å². The van der Waals surface area contributed by atoms with Crippen molar-refractivity contribution in [2.24, 2.45) is 0 Å². The molecule has 2 heterocycles. The van der Waals surface area contributed by atoms with E-state index in [2.05, 4.69) is 28.1 Å². The number of aromatic nitrogens is 1. The molecule has 1 aliphatic carbocycles. The van der Waals surface area contributed by atoms with Gasteiger partial charge in [-0.25, -0.2) is 0 Å². The fourth-order valence-corrected chi connectivity index (χ4v) is 3.98. The molecule has 0 atom stereocenters. The fraction of sp³-hybridized carbons (Fsp3) is 0.500. The van der Waals surface area contributed by atoms with Crippen LogP contribution in [0.25, 0.3) is 10.8 Å². The van der Waals surface area contributed by atoms with Gasteiger partial charge < -0.3 is 5.73 Å². The molecule has 1 saturated carbocycles. The molecule has 1 saturated heterocycles. The van der Waals surface area contributed by atoms with E-state index in [1.54, 1.807) is 0 Å². The van der Waals surface area contributed by atoms with Gasteiger partial charge in [0, 0.05) is 42.3 Å². The Morgan fingerprint density at radius 1 is 1.05 bits per heavy atom. The Morgan fingerprint density at radius 2 is 1.86 bits per heavy atom. The quantitative estimate of drug-likeness (QED) is 0.856. The van der Waals surface area contributed by atoms with Gasteiger partial charge in [-0.15, -0.1) is 0 Å². The number of pyridine rings is 1. The lowest BCUT2D eigenvalue weighted by Gasteiger charge is -2.45. The molecule has 0 bridgehead atoms. The number of benzene rings is 1. The van der Waals surface area contributed by atoms with Crippen molar-refractivity contribution in [2.45, 2.75) is 44.1 Å². The highest BCUT2D eigenvalue weighted by Gasteiger charge is 2.35. The maximum atomic E-state index is 5.89. The minimum Gasteiger partial charge on any atom is -0.399 e. The Hall–Kier alpha value is -1.61. The van der Waals surface area contributed by atoms with Gasteiger partial charge in [0.25, 0.3) is 0 Å². The molecule has 3 nitrogen and oxygen atoms in total. The van der Waals surface area contributed by atoms with Gasteiger partial charge in [-0.1, -0.05) is 25.3 Å². The first-order valence-corrected chi connectivity index (χ1v) is 8.19. The van der Waals surface area contributed by atoms with Crippen molar-refractivity contribution >= 4 is 16.5 Å². The van der Waals surface area contributed by atoms with Crippen LogP contribution < -0.4 is 5.73 Å². The first-order chi connectivity index (χ1) is 10.3. The zero-order valence-electron chi connectivity index (χ0n) is 12.5. The Bertz CT molecular complexity index is 640. The lowest BCUT2D eigenvalue weighted by atomic mass is 9.86.